The summed E-state index contributed by atoms with van der Waals surface area (Å²) < 4.78 is 0.712. The van der Waals surface area contributed by atoms with E-state index in [9.17, 15) is 9.59 Å². The van der Waals surface area contributed by atoms with Gasteiger partial charge in [-0.25, -0.2) is 0 Å². The summed E-state index contributed by atoms with van der Waals surface area (Å²) in [6.07, 6.45) is 4.34. The van der Waals surface area contributed by atoms with Crippen molar-refractivity contribution in [3.05, 3.63) is 57.7 Å². The highest BCUT2D eigenvalue weighted by atomic mass is 32.1. The zero-order chi connectivity index (χ0) is 24.4. The van der Waals surface area contributed by atoms with E-state index in [0.717, 1.165) is 25.0 Å². The van der Waals surface area contributed by atoms with Crippen LogP contribution in [-0.2, 0) is 10.3 Å². The van der Waals surface area contributed by atoms with E-state index in [2.05, 4.69) is 10.3 Å². The summed E-state index contributed by atoms with van der Waals surface area (Å²) in [6, 6.07) is 5.89. The van der Waals surface area contributed by atoms with E-state index in [0.29, 0.717) is 37.3 Å². The highest BCUT2D eigenvalue weighted by Gasteiger charge is 2.49. The van der Waals surface area contributed by atoms with Crippen molar-refractivity contribution in [2.24, 2.45) is 17.2 Å². The van der Waals surface area contributed by atoms with Crippen LogP contribution in [0.4, 0.5) is 5.69 Å². The molecular weight excluding hydrogens is 448 g/mol. The summed E-state index contributed by atoms with van der Waals surface area (Å²) in [5, 5.41) is 3.75. The van der Waals surface area contributed by atoms with E-state index in [1.807, 2.05) is 19.9 Å². The van der Waals surface area contributed by atoms with E-state index in [4.69, 9.17) is 22.9 Å². The van der Waals surface area contributed by atoms with Gasteiger partial charge in [-0.2, -0.15) is 0 Å². The first-order valence-corrected chi connectivity index (χ1v) is 12.4. The lowest BCUT2D eigenvalue weighted by Gasteiger charge is -2.36. The SMILES string of the molecule is CC(C)c1cc(C2(N)C(=O)C(N)c3c(C(=O)N[C@@H]4CCC[C@@H]4N)sc4c(N)ccc2c34)ccn1. The monoisotopic (exact) mass is 478 g/mol. The van der Waals surface area contributed by atoms with Crippen LogP contribution in [0.1, 0.15) is 77.1 Å². The van der Waals surface area contributed by atoms with Crippen molar-refractivity contribution in [2.75, 3.05) is 5.73 Å². The lowest BCUT2D eigenvalue weighted by molar-refractivity contribution is -0.124. The van der Waals surface area contributed by atoms with Gasteiger partial charge in [0.15, 0.2) is 5.78 Å². The summed E-state index contributed by atoms with van der Waals surface area (Å²) in [6.45, 7) is 4.06. The van der Waals surface area contributed by atoms with Crippen LogP contribution >= 0.6 is 11.3 Å². The molecule has 9 heteroatoms. The Morgan fingerprint density at radius 1 is 1.24 bits per heavy atom. The molecule has 0 radical (unpaired) electrons. The molecule has 0 saturated heterocycles. The molecule has 2 aliphatic rings. The zero-order valence-electron chi connectivity index (χ0n) is 19.3. The first-order valence-electron chi connectivity index (χ1n) is 11.6. The Balaban J connectivity index is 1.70. The van der Waals surface area contributed by atoms with E-state index < -0.39 is 11.6 Å². The number of anilines is 1. The van der Waals surface area contributed by atoms with Gasteiger partial charge in [-0.15, -0.1) is 11.3 Å². The van der Waals surface area contributed by atoms with Gasteiger partial charge in [0.25, 0.3) is 5.91 Å². The molecule has 9 N–H and O–H groups in total. The number of aromatic nitrogens is 1. The third-order valence-corrected chi connectivity index (χ3v) is 8.49. The number of amides is 1. The average Bonchev–Trinajstić information content (AvgIpc) is 3.41. The maximum absolute atomic E-state index is 13.8. The molecule has 0 bridgehead atoms. The number of nitrogens with two attached hydrogens (primary N) is 4. The van der Waals surface area contributed by atoms with E-state index in [1.165, 1.54) is 11.3 Å². The lowest BCUT2D eigenvalue weighted by atomic mass is 9.70. The van der Waals surface area contributed by atoms with Crippen molar-refractivity contribution >= 4 is 38.8 Å². The number of nitrogen functional groups attached to an aromatic ring is 1. The largest absolute Gasteiger partial charge is 0.398 e. The molecule has 34 heavy (non-hydrogen) atoms. The topological polar surface area (TPSA) is 163 Å². The standard InChI is InChI=1S/C25H30N6O2S/c1-11(2)17-10-12(8-9-30-17)25(29)13-6-7-15(27)21-18(13)19(20(28)23(25)32)22(34-21)24(33)31-16-5-3-4-14(16)26/h6-11,14,16,20H,3-5,26-29H2,1-2H3,(H,31,33)/t14-,16+,20?,25?/m0/s1. The first kappa shape index (κ1) is 22.9. The quantitative estimate of drug-likeness (QED) is 0.359. The lowest BCUT2D eigenvalue weighted by Crippen LogP contribution is -2.52. The van der Waals surface area contributed by atoms with Gasteiger partial charge in [0, 0.05) is 40.6 Å². The third-order valence-electron chi connectivity index (χ3n) is 7.23. The number of Topliss-reactive ketones (excluding diaryl/α,β-unsaturated/α-hetero) is 1. The molecule has 8 nitrogen and oxygen atoms in total. The molecule has 1 fully saturated rings. The van der Waals surface area contributed by atoms with Crippen molar-refractivity contribution in [2.45, 2.75) is 62.7 Å². The number of hydrogen-bond acceptors (Lipinski definition) is 8. The summed E-state index contributed by atoms with van der Waals surface area (Å²) >= 11 is 1.25. The summed E-state index contributed by atoms with van der Waals surface area (Å²) in [4.78, 5) is 32.0. The molecule has 2 aliphatic carbocycles. The second-order valence-electron chi connectivity index (χ2n) is 9.70. The van der Waals surface area contributed by atoms with Crippen molar-refractivity contribution in [3.63, 3.8) is 0 Å². The smallest absolute Gasteiger partial charge is 0.262 e. The highest BCUT2D eigenvalue weighted by molar-refractivity contribution is 7.21. The molecule has 5 rings (SSSR count). The molecule has 1 saturated carbocycles. The maximum atomic E-state index is 13.8. The van der Waals surface area contributed by atoms with Gasteiger partial charge in [-0.3, -0.25) is 14.6 Å². The van der Waals surface area contributed by atoms with E-state index in [-0.39, 0.29) is 29.7 Å². The number of benzene rings is 1. The Hall–Kier alpha value is -2.85. The maximum Gasteiger partial charge on any atom is 0.262 e. The van der Waals surface area contributed by atoms with Gasteiger partial charge in [-0.1, -0.05) is 19.9 Å². The molecule has 0 aliphatic heterocycles. The van der Waals surface area contributed by atoms with Crippen molar-refractivity contribution in [1.82, 2.24) is 10.3 Å². The Bertz CT molecular complexity index is 1320. The minimum absolute atomic E-state index is 0.0795. The predicted molar refractivity (Wildman–Crippen MR) is 135 cm³/mol. The number of ketones is 1. The van der Waals surface area contributed by atoms with Crippen LogP contribution in [0.15, 0.2) is 30.5 Å². The van der Waals surface area contributed by atoms with Gasteiger partial charge in [0.1, 0.15) is 5.54 Å². The second-order valence-corrected chi connectivity index (χ2v) is 10.7. The Morgan fingerprint density at radius 2 is 2.00 bits per heavy atom. The molecule has 1 aromatic carbocycles. The minimum atomic E-state index is -1.48. The number of carbonyl (C=O) groups excluding carboxylic acids is 2. The summed E-state index contributed by atoms with van der Waals surface area (Å²) in [7, 11) is 0. The third kappa shape index (κ3) is 3.26. The Kier molecular flexibility index (Phi) is 5.48. The van der Waals surface area contributed by atoms with Crippen LogP contribution in [-0.4, -0.2) is 28.8 Å². The number of hydrogen-bond donors (Lipinski definition) is 5. The minimum Gasteiger partial charge on any atom is -0.398 e. The number of carbonyl (C=O) groups is 2. The van der Waals surface area contributed by atoms with E-state index >= 15 is 0 Å². The van der Waals surface area contributed by atoms with Gasteiger partial charge >= 0.3 is 0 Å². The summed E-state index contributed by atoms with van der Waals surface area (Å²) in [5.74, 6) is -0.476. The molecule has 3 aromatic rings. The van der Waals surface area contributed by atoms with Crippen LogP contribution in [0, 0.1) is 0 Å². The number of pyridine rings is 1. The summed E-state index contributed by atoms with van der Waals surface area (Å²) in [5.41, 5.74) is 27.6. The molecule has 2 unspecified atom stereocenters. The van der Waals surface area contributed by atoms with Gasteiger partial charge < -0.3 is 28.3 Å². The van der Waals surface area contributed by atoms with Crippen LogP contribution in [0.5, 0.6) is 0 Å². The first-order chi connectivity index (χ1) is 16.1. The fourth-order valence-corrected chi connectivity index (χ4v) is 6.46. The number of rotatable bonds is 4. The van der Waals surface area contributed by atoms with Crippen molar-refractivity contribution in [1.29, 1.82) is 0 Å². The van der Waals surface area contributed by atoms with Gasteiger partial charge in [-0.05, 0) is 54.5 Å². The molecular formula is C25H30N6O2S. The van der Waals surface area contributed by atoms with E-state index in [1.54, 1.807) is 24.4 Å². The van der Waals surface area contributed by atoms with Crippen LogP contribution < -0.4 is 28.3 Å². The van der Waals surface area contributed by atoms with Gasteiger partial charge in [0.2, 0.25) is 0 Å². The number of nitrogens with zero attached hydrogens (tertiary/aromatic N) is 1. The molecule has 2 heterocycles. The average molecular weight is 479 g/mol. The highest BCUT2D eigenvalue weighted by Crippen LogP contribution is 2.49. The van der Waals surface area contributed by atoms with Crippen LogP contribution in [0.2, 0.25) is 0 Å². The van der Waals surface area contributed by atoms with Crippen molar-refractivity contribution < 1.29 is 9.59 Å². The Morgan fingerprint density at radius 3 is 2.68 bits per heavy atom. The van der Waals surface area contributed by atoms with Crippen LogP contribution in [0.25, 0.3) is 10.1 Å². The number of nitrogens with one attached hydrogen (secondary N) is 1. The molecule has 4 atom stereocenters. The fraction of sp³-hybridized carbons (Fsp3) is 0.400. The zero-order valence-corrected chi connectivity index (χ0v) is 20.1. The normalized spacial score (nSPS) is 26.4. The number of thiophene rings is 1. The molecule has 178 valence electrons. The molecule has 2 aromatic heterocycles. The second kappa shape index (κ2) is 8.13. The van der Waals surface area contributed by atoms with Gasteiger partial charge in [0.05, 0.1) is 15.6 Å². The van der Waals surface area contributed by atoms with Crippen LogP contribution in [0.3, 0.4) is 0 Å². The predicted octanol–water partition coefficient (Wildman–Crippen LogP) is 2.40. The van der Waals surface area contributed by atoms with Crippen molar-refractivity contribution in [3.8, 4) is 0 Å². The molecule has 0 spiro atoms. The molecule has 1 amide bonds. The fourth-order valence-electron chi connectivity index (χ4n) is 5.26. The Labute approximate surface area is 202 Å².